The third kappa shape index (κ3) is 17.4. The molecule has 0 aromatic carbocycles. The van der Waals surface area contributed by atoms with Crippen molar-refractivity contribution in [2.45, 2.75) is 148 Å². The van der Waals surface area contributed by atoms with Crippen molar-refractivity contribution in [3.8, 4) is 0 Å². The van der Waals surface area contributed by atoms with E-state index in [0.29, 0.717) is 0 Å². The second-order valence-electron chi connectivity index (χ2n) is 9.25. The van der Waals surface area contributed by atoms with Gasteiger partial charge in [-0.3, -0.25) is 0 Å². The summed E-state index contributed by atoms with van der Waals surface area (Å²) in [5, 5.41) is 9.82. The number of hydrogen-bond donors (Lipinski definition) is 1. The average Bonchev–Trinajstić information content (AvgIpc) is 3.18. The third-order valence-electron chi connectivity index (χ3n) is 6.29. The highest BCUT2D eigenvalue weighted by molar-refractivity contribution is 5.75. The van der Waals surface area contributed by atoms with E-state index in [4.69, 9.17) is 9.47 Å². The Morgan fingerprint density at radius 3 is 1.87 bits per heavy atom. The molecular weight excluding hydrogens is 388 g/mol. The number of ether oxygens (including phenoxy) is 2. The van der Waals surface area contributed by atoms with Gasteiger partial charge in [-0.15, -0.1) is 0 Å². The first kappa shape index (κ1) is 28.2. The van der Waals surface area contributed by atoms with Gasteiger partial charge in [0.2, 0.25) is 0 Å². The predicted octanol–water partition coefficient (Wildman–Crippen LogP) is 7.62. The summed E-state index contributed by atoms with van der Waals surface area (Å²) >= 11 is 0. The second-order valence-corrected chi connectivity index (χ2v) is 9.25. The number of carbonyl (C=O) groups excluding carboxylic acids is 1. The molecule has 1 rings (SSSR count). The van der Waals surface area contributed by atoms with Crippen LogP contribution in [0.4, 0.5) is 0 Å². The monoisotopic (exact) mass is 438 g/mol. The van der Waals surface area contributed by atoms with E-state index >= 15 is 0 Å². The van der Waals surface area contributed by atoms with E-state index in [1.165, 1.54) is 83.5 Å². The van der Waals surface area contributed by atoms with Gasteiger partial charge in [0.25, 0.3) is 0 Å². The maximum atomic E-state index is 11.3. The molecule has 1 heterocycles. The summed E-state index contributed by atoms with van der Waals surface area (Å²) in [6, 6.07) is 0. The van der Waals surface area contributed by atoms with Gasteiger partial charge in [-0.05, 0) is 44.9 Å². The molecule has 1 aliphatic heterocycles. The Kier molecular flexibility index (Phi) is 19.1. The fourth-order valence-electron chi connectivity index (χ4n) is 4.19. The number of allylic oxidation sites excluding steroid dienone is 2. The van der Waals surface area contributed by atoms with Crippen LogP contribution in [0.2, 0.25) is 0 Å². The quantitative estimate of drug-likeness (QED) is 0.107. The molecule has 0 aromatic heterocycles. The van der Waals surface area contributed by atoms with Crippen LogP contribution in [0.1, 0.15) is 135 Å². The molecule has 0 amide bonds. The van der Waals surface area contributed by atoms with Crippen LogP contribution in [-0.2, 0) is 14.3 Å². The van der Waals surface area contributed by atoms with Gasteiger partial charge >= 0.3 is 5.97 Å². The number of aliphatic hydroxyl groups excluding tert-OH is 1. The van der Waals surface area contributed by atoms with Gasteiger partial charge < -0.3 is 14.6 Å². The second kappa shape index (κ2) is 21.0. The molecule has 1 fully saturated rings. The molecule has 1 saturated heterocycles. The Bertz CT molecular complexity index is 435. The number of cyclic esters (lactones) is 1. The van der Waals surface area contributed by atoms with Crippen molar-refractivity contribution in [1.29, 1.82) is 0 Å². The molecule has 1 aliphatic rings. The van der Waals surface area contributed by atoms with Crippen LogP contribution < -0.4 is 0 Å². The third-order valence-corrected chi connectivity index (χ3v) is 6.29. The molecular formula is C27H50O4. The van der Waals surface area contributed by atoms with E-state index in [1.807, 2.05) is 0 Å². The molecule has 4 nitrogen and oxygen atoms in total. The van der Waals surface area contributed by atoms with E-state index < -0.39 is 0 Å². The molecule has 182 valence electrons. The summed E-state index contributed by atoms with van der Waals surface area (Å²) in [6.45, 7) is 2.32. The topological polar surface area (TPSA) is 55.8 Å². The normalized spacial score (nSPS) is 17.5. The minimum atomic E-state index is -0.295. The number of carbonyl (C=O) groups is 1. The Morgan fingerprint density at radius 1 is 0.806 bits per heavy atom. The minimum Gasteiger partial charge on any atom is -0.437 e. The SMILES string of the molecule is CCCCC(O)CCC/C=C/CCCCCCCCCCCCCCC1OCOC1=O. The molecule has 31 heavy (non-hydrogen) atoms. The number of unbranched alkanes of at least 4 members (excludes halogenated alkanes) is 14. The fourth-order valence-corrected chi connectivity index (χ4v) is 4.19. The Balaban J connectivity index is 1.71. The number of esters is 1. The first-order chi connectivity index (χ1) is 15.2. The maximum Gasteiger partial charge on any atom is 0.337 e. The zero-order valence-electron chi connectivity index (χ0n) is 20.3. The predicted molar refractivity (Wildman–Crippen MR) is 129 cm³/mol. The highest BCUT2D eigenvalue weighted by atomic mass is 16.7. The van der Waals surface area contributed by atoms with Crippen LogP contribution in [0.25, 0.3) is 0 Å². The summed E-state index contributed by atoms with van der Waals surface area (Å²) in [6.07, 6.45) is 28.6. The molecule has 0 bridgehead atoms. The maximum absolute atomic E-state index is 11.3. The molecule has 0 saturated carbocycles. The van der Waals surface area contributed by atoms with E-state index in [9.17, 15) is 9.90 Å². The van der Waals surface area contributed by atoms with Crippen molar-refractivity contribution in [2.75, 3.05) is 6.79 Å². The van der Waals surface area contributed by atoms with Gasteiger partial charge in [0.15, 0.2) is 12.9 Å². The summed E-state index contributed by atoms with van der Waals surface area (Å²) in [4.78, 5) is 11.3. The molecule has 2 unspecified atom stereocenters. The summed E-state index contributed by atoms with van der Waals surface area (Å²) in [5.41, 5.74) is 0. The van der Waals surface area contributed by atoms with Crippen molar-refractivity contribution < 1.29 is 19.4 Å². The van der Waals surface area contributed by atoms with Crippen LogP contribution in [0, 0.1) is 0 Å². The van der Waals surface area contributed by atoms with Gasteiger partial charge in [-0.2, -0.15) is 0 Å². The van der Waals surface area contributed by atoms with E-state index in [2.05, 4.69) is 19.1 Å². The number of rotatable bonds is 22. The van der Waals surface area contributed by atoms with Gasteiger partial charge in [0, 0.05) is 0 Å². The van der Waals surface area contributed by atoms with Crippen molar-refractivity contribution in [3.63, 3.8) is 0 Å². The zero-order chi connectivity index (χ0) is 22.4. The number of hydrogen-bond acceptors (Lipinski definition) is 4. The van der Waals surface area contributed by atoms with E-state index in [-0.39, 0.29) is 25.0 Å². The summed E-state index contributed by atoms with van der Waals surface area (Å²) in [5.74, 6) is -0.179. The van der Waals surface area contributed by atoms with Gasteiger partial charge in [-0.1, -0.05) is 103 Å². The minimum absolute atomic E-state index is 0.0841. The van der Waals surface area contributed by atoms with Crippen LogP contribution in [0.3, 0.4) is 0 Å². The molecule has 4 heteroatoms. The molecule has 2 atom stereocenters. The lowest BCUT2D eigenvalue weighted by Gasteiger charge is -2.07. The lowest BCUT2D eigenvalue weighted by molar-refractivity contribution is -0.139. The molecule has 1 N–H and O–H groups in total. The van der Waals surface area contributed by atoms with Crippen molar-refractivity contribution >= 4 is 5.97 Å². The van der Waals surface area contributed by atoms with Crippen LogP contribution in [-0.4, -0.2) is 30.1 Å². The summed E-state index contributed by atoms with van der Waals surface area (Å²) < 4.78 is 10.0. The first-order valence-electron chi connectivity index (χ1n) is 13.3. The van der Waals surface area contributed by atoms with Crippen LogP contribution in [0.5, 0.6) is 0 Å². The van der Waals surface area contributed by atoms with Crippen LogP contribution >= 0.6 is 0 Å². The molecule has 0 aliphatic carbocycles. The fraction of sp³-hybridized carbons (Fsp3) is 0.889. The summed E-state index contributed by atoms with van der Waals surface area (Å²) in [7, 11) is 0. The zero-order valence-corrected chi connectivity index (χ0v) is 20.3. The van der Waals surface area contributed by atoms with Crippen LogP contribution in [0.15, 0.2) is 12.2 Å². The lowest BCUT2D eigenvalue weighted by Crippen LogP contribution is -2.15. The van der Waals surface area contributed by atoms with Gasteiger partial charge in [0.1, 0.15) is 0 Å². The molecule has 0 spiro atoms. The highest BCUT2D eigenvalue weighted by Gasteiger charge is 2.26. The first-order valence-corrected chi connectivity index (χ1v) is 13.3. The Hall–Kier alpha value is -0.870. The van der Waals surface area contributed by atoms with Gasteiger partial charge in [-0.25, -0.2) is 4.79 Å². The molecule has 0 radical (unpaired) electrons. The highest BCUT2D eigenvalue weighted by Crippen LogP contribution is 2.16. The lowest BCUT2D eigenvalue weighted by atomic mass is 10.0. The van der Waals surface area contributed by atoms with Crippen molar-refractivity contribution in [2.24, 2.45) is 0 Å². The molecule has 0 aromatic rings. The van der Waals surface area contributed by atoms with Crippen molar-refractivity contribution in [3.05, 3.63) is 12.2 Å². The average molecular weight is 439 g/mol. The largest absolute Gasteiger partial charge is 0.437 e. The Morgan fingerprint density at radius 2 is 1.32 bits per heavy atom. The van der Waals surface area contributed by atoms with Gasteiger partial charge in [0.05, 0.1) is 6.10 Å². The van der Waals surface area contributed by atoms with Crippen molar-refractivity contribution in [1.82, 2.24) is 0 Å². The van der Waals surface area contributed by atoms with E-state index in [1.54, 1.807) is 0 Å². The van der Waals surface area contributed by atoms with E-state index in [0.717, 1.165) is 44.9 Å². The standard InChI is InChI=1S/C27H50O4/c1-2-3-21-25(28)22-19-17-15-13-11-9-7-5-4-6-8-10-12-14-16-18-20-23-26-27(29)31-24-30-26/h13,15,25-26,28H,2-12,14,16-24H2,1H3/b15-13+. The smallest absolute Gasteiger partial charge is 0.337 e. The Labute approximate surface area is 192 Å². The number of aliphatic hydroxyl groups is 1.